The molecule has 0 bridgehead atoms. The van der Waals surface area contributed by atoms with Crippen LogP contribution in [0.3, 0.4) is 0 Å². The van der Waals surface area contributed by atoms with Crippen molar-refractivity contribution in [3.63, 3.8) is 0 Å². The number of nitrogens with two attached hydrogens (primary N) is 1. The number of nitrogens with zero attached hydrogens (tertiary/aromatic N) is 2. The number of carbonyl (C=O) groups is 1. The van der Waals surface area contributed by atoms with E-state index in [1.54, 1.807) is 16.9 Å². The number of aromatic nitrogens is 2. The summed E-state index contributed by atoms with van der Waals surface area (Å²) in [6.45, 7) is -0.0203. The van der Waals surface area contributed by atoms with Crippen molar-refractivity contribution in [2.75, 3.05) is 6.61 Å². The fourth-order valence-electron chi connectivity index (χ4n) is 3.01. The number of hydrogen-bond donors (Lipinski definition) is 2. The number of carbonyl (C=O) groups excluding carboxylic acids is 1. The molecule has 3 rings (SSSR count). The maximum atomic E-state index is 12.1. The molecule has 1 amide bonds. The van der Waals surface area contributed by atoms with E-state index in [2.05, 4.69) is 16.5 Å². The highest BCUT2D eigenvalue weighted by molar-refractivity contribution is 5.78. The van der Waals surface area contributed by atoms with Crippen LogP contribution >= 0.6 is 0 Å². The molecule has 2 aromatic rings. The second kappa shape index (κ2) is 7.49. The molecule has 3 N–H and O–H groups in total. The number of aryl methyl sites for hydroxylation is 1. The van der Waals surface area contributed by atoms with Crippen molar-refractivity contribution in [1.29, 1.82) is 0 Å². The van der Waals surface area contributed by atoms with E-state index in [0.29, 0.717) is 5.75 Å². The van der Waals surface area contributed by atoms with Gasteiger partial charge in [0, 0.05) is 30.9 Å². The average Bonchev–Trinajstić information content (AvgIpc) is 3.02. The van der Waals surface area contributed by atoms with Gasteiger partial charge in [-0.15, -0.1) is 0 Å². The summed E-state index contributed by atoms with van der Waals surface area (Å²) in [7, 11) is 1.87. The summed E-state index contributed by atoms with van der Waals surface area (Å²) >= 11 is 0. The molecule has 1 aromatic heterocycles. The van der Waals surface area contributed by atoms with Gasteiger partial charge in [-0.05, 0) is 42.7 Å². The van der Waals surface area contributed by atoms with Gasteiger partial charge in [0.2, 0.25) is 0 Å². The van der Waals surface area contributed by atoms with Crippen LogP contribution in [0.5, 0.6) is 5.75 Å². The van der Waals surface area contributed by atoms with Crippen molar-refractivity contribution in [2.24, 2.45) is 12.8 Å². The Labute approximate surface area is 142 Å². The minimum atomic E-state index is -0.135. The Kier molecular flexibility index (Phi) is 5.15. The molecule has 0 spiro atoms. The van der Waals surface area contributed by atoms with Crippen LogP contribution in [-0.4, -0.2) is 34.4 Å². The van der Waals surface area contributed by atoms with Crippen LogP contribution in [0.25, 0.3) is 11.1 Å². The molecule has 1 radical (unpaired) electrons. The molecule has 1 saturated carbocycles. The Morgan fingerprint density at radius 3 is 3.00 bits per heavy atom. The maximum Gasteiger partial charge on any atom is 0.258 e. The lowest BCUT2D eigenvalue weighted by molar-refractivity contribution is -0.124. The third-order valence-electron chi connectivity index (χ3n) is 4.34. The van der Waals surface area contributed by atoms with Crippen molar-refractivity contribution in [3.8, 4) is 16.9 Å². The molecule has 1 heterocycles. The highest BCUT2D eigenvalue weighted by atomic mass is 16.5. The van der Waals surface area contributed by atoms with E-state index in [1.165, 1.54) is 0 Å². The van der Waals surface area contributed by atoms with Crippen molar-refractivity contribution >= 4 is 5.91 Å². The zero-order chi connectivity index (χ0) is 16.9. The molecule has 1 aliphatic carbocycles. The van der Waals surface area contributed by atoms with Crippen molar-refractivity contribution in [2.45, 2.75) is 37.8 Å². The zero-order valence-corrected chi connectivity index (χ0v) is 13.9. The number of benzene rings is 1. The normalized spacial score (nSPS) is 20.6. The first kappa shape index (κ1) is 16.5. The first-order valence-electron chi connectivity index (χ1n) is 8.30. The molecular weight excluding hydrogens is 304 g/mol. The first-order valence-corrected chi connectivity index (χ1v) is 8.30. The molecule has 24 heavy (non-hydrogen) atoms. The third-order valence-corrected chi connectivity index (χ3v) is 4.34. The summed E-state index contributed by atoms with van der Waals surface area (Å²) in [6.07, 6.45) is 7.86. The smallest absolute Gasteiger partial charge is 0.258 e. The SMILES string of the molecule is Cn1cc(-c2c[c]cc(OCC(=O)NC3CCCCC3N)c2)cn1. The van der Waals surface area contributed by atoms with Gasteiger partial charge in [0.05, 0.1) is 6.20 Å². The lowest BCUT2D eigenvalue weighted by atomic mass is 9.91. The van der Waals surface area contributed by atoms with Crippen LogP contribution in [0.1, 0.15) is 25.7 Å². The Balaban J connectivity index is 1.55. The summed E-state index contributed by atoms with van der Waals surface area (Å²) in [4.78, 5) is 12.1. The molecule has 1 aliphatic rings. The summed E-state index contributed by atoms with van der Waals surface area (Å²) < 4.78 is 7.34. The average molecular weight is 327 g/mol. The first-order chi connectivity index (χ1) is 11.6. The van der Waals surface area contributed by atoms with Gasteiger partial charge in [0.25, 0.3) is 5.91 Å². The van der Waals surface area contributed by atoms with E-state index in [1.807, 2.05) is 25.4 Å². The van der Waals surface area contributed by atoms with Crippen LogP contribution in [0.15, 0.2) is 30.6 Å². The molecule has 6 heteroatoms. The van der Waals surface area contributed by atoms with Crippen LogP contribution in [-0.2, 0) is 11.8 Å². The highest BCUT2D eigenvalue weighted by Crippen LogP contribution is 2.23. The third kappa shape index (κ3) is 4.14. The molecule has 2 atom stereocenters. The largest absolute Gasteiger partial charge is 0.484 e. The number of nitrogens with one attached hydrogen (secondary N) is 1. The molecule has 1 fully saturated rings. The number of amides is 1. The van der Waals surface area contributed by atoms with Gasteiger partial charge in [-0.1, -0.05) is 12.8 Å². The minimum absolute atomic E-state index is 0.0203. The lowest BCUT2D eigenvalue weighted by Gasteiger charge is -2.29. The predicted octanol–water partition coefficient (Wildman–Crippen LogP) is 1.65. The van der Waals surface area contributed by atoms with E-state index < -0.39 is 0 Å². The maximum absolute atomic E-state index is 12.1. The number of ether oxygens (including phenoxy) is 1. The van der Waals surface area contributed by atoms with Gasteiger partial charge in [-0.25, -0.2) is 0 Å². The van der Waals surface area contributed by atoms with Crippen LogP contribution in [0, 0.1) is 6.07 Å². The summed E-state index contributed by atoms with van der Waals surface area (Å²) in [6, 6.07) is 8.61. The number of rotatable bonds is 5. The van der Waals surface area contributed by atoms with Crippen molar-refractivity contribution in [1.82, 2.24) is 15.1 Å². The fraction of sp³-hybridized carbons (Fsp3) is 0.444. The summed E-state index contributed by atoms with van der Waals surface area (Å²) in [5.41, 5.74) is 7.99. The van der Waals surface area contributed by atoms with Crippen LogP contribution in [0.4, 0.5) is 0 Å². The Morgan fingerprint density at radius 1 is 1.42 bits per heavy atom. The topological polar surface area (TPSA) is 82.2 Å². The van der Waals surface area contributed by atoms with Gasteiger partial charge in [-0.3, -0.25) is 9.48 Å². The van der Waals surface area contributed by atoms with Crippen molar-refractivity contribution in [3.05, 3.63) is 36.7 Å². The molecule has 127 valence electrons. The van der Waals surface area contributed by atoms with Gasteiger partial charge in [0.1, 0.15) is 5.75 Å². The predicted molar refractivity (Wildman–Crippen MR) is 91.3 cm³/mol. The molecule has 0 saturated heterocycles. The number of hydrogen-bond acceptors (Lipinski definition) is 4. The Morgan fingerprint density at radius 2 is 2.25 bits per heavy atom. The zero-order valence-electron chi connectivity index (χ0n) is 13.9. The Bertz CT molecular complexity index is 698. The van der Waals surface area contributed by atoms with E-state index in [9.17, 15) is 4.79 Å². The van der Waals surface area contributed by atoms with Gasteiger partial charge < -0.3 is 15.8 Å². The van der Waals surface area contributed by atoms with Crippen LogP contribution in [0.2, 0.25) is 0 Å². The monoisotopic (exact) mass is 327 g/mol. The fourth-order valence-corrected chi connectivity index (χ4v) is 3.01. The van der Waals surface area contributed by atoms with E-state index in [4.69, 9.17) is 10.5 Å². The summed E-state index contributed by atoms with van der Waals surface area (Å²) in [5, 5.41) is 7.13. The van der Waals surface area contributed by atoms with Gasteiger partial charge >= 0.3 is 0 Å². The quantitative estimate of drug-likeness (QED) is 0.875. The molecule has 2 unspecified atom stereocenters. The van der Waals surface area contributed by atoms with E-state index in [0.717, 1.165) is 36.8 Å². The summed E-state index contributed by atoms with van der Waals surface area (Å²) in [5.74, 6) is 0.476. The minimum Gasteiger partial charge on any atom is -0.484 e. The van der Waals surface area contributed by atoms with Gasteiger partial charge in [-0.2, -0.15) is 5.10 Å². The lowest BCUT2D eigenvalue weighted by Crippen LogP contribution is -2.50. The standard InChI is InChI=1S/C18H23N4O2/c1-22-11-14(10-20-22)13-5-4-6-15(9-13)24-12-18(23)21-17-8-3-2-7-16(17)19/h5-6,9-11,16-17H,2-3,7-8,12,19H2,1H3,(H,21,23). The van der Waals surface area contributed by atoms with E-state index in [-0.39, 0.29) is 24.6 Å². The van der Waals surface area contributed by atoms with E-state index >= 15 is 0 Å². The van der Waals surface area contributed by atoms with Crippen molar-refractivity contribution < 1.29 is 9.53 Å². The molecular formula is C18H23N4O2. The molecule has 1 aromatic carbocycles. The second-order valence-electron chi connectivity index (χ2n) is 6.27. The highest BCUT2D eigenvalue weighted by Gasteiger charge is 2.23. The van der Waals surface area contributed by atoms with Gasteiger partial charge in [0.15, 0.2) is 6.61 Å². The Hall–Kier alpha value is -2.34. The molecule has 0 aliphatic heterocycles. The van der Waals surface area contributed by atoms with Crippen LogP contribution < -0.4 is 15.8 Å². The molecule has 6 nitrogen and oxygen atoms in total. The second-order valence-corrected chi connectivity index (χ2v) is 6.27.